The second-order valence-electron chi connectivity index (χ2n) is 5.00. The minimum absolute atomic E-state index is 0.174. The van der Waals surface area contributed by atoms with Gasteiger partial charge < -0.3 is 10.5 Å². The fourth-order valence-electron chi connectivity index (χ4n) is 2.06. The van der Waals surface area contributed by atoms with Gasteiger partial charge in [-0.3, -0.25) is 24.5 Å². The van der Waals surface area contributed by atoms with E-state index in [0.717, 1.165) is 29.1 Å². The van der Waals surface area contributed by atoms with E-state index >= 15 is 0 Å². The number of imide groups is 1. The highest BCUT2D eigenvalue weighted by Crippen LogP contribution is 2.28. The molecular weight excluding hydrogens is 366 g/mol. The van der Waals surface area contributed by atoms with Gasteiger partial charge in [-0.05, 0) is 35.5 Å². The molecule has 0 aliphatic carbocycles. The zero-order valence-electron chi connectivity index (χ0n) is 12.6. The first kappa shape index (κ1) is 17.2. The Labute approximate surface area is 150 Å². The molecule has 1 unspecified atom stereocenters. The van der Waals surface area contributed by atoms with Gasteiger partial charge in [-0.25, -0.2) is 0 Å². The largest absolute Gasteiger partial charge is 0.426 e. The topological polar surface area (TPSA) is 128 Å². The summed E-state index contributed by atoms with van der Waals surface area (Å²) in [6.07, 6.45) is 1.50. The lowest BCUT2D eigenvalue weighted by molar-refractivity contribution is -0.135. The lowest BCUT2D eigenvalue weighted by Crippen LogP contribution is -2.27. The quantitative estimate of drug-likeness (QED) is 0.601. The number of carbonyl (C=O) groups excluding carboxylic acids is 4. The van der Waals surface area contributed by atoms with Crippen molar-refractivity contribution in [1.82, 2.24) is 5.32 Å². The van der Waals surface area contributed by atoms with Crippen LogP contribution in [-0.2, 0) is 9.59 Å². The zero-order valence-corrected chi connectivity index (χ0v) is 14.2. The molecule has 2 heterocycles. The van der Waals surface area contributed by atoms with E-state index in [2.05, 4.69) is 10.3 Å². The van der Waals surface area contributed by atoms with Crippen molar-refractivity contribution in [3.8, 4) is 5.75 Å². The van der Waals surface area contributed by atoms with E-state index in [4.69, 9.17) is 10.5 Å². The van der Waals surface area contributed by atoms with Crippen LogP contribution in [0.4, 0.5) is 9.59 Å². The Bertz CT molecular complexity index is 832. The van der Waals surface area contributed by atoms with Crippen molar-refractivity contribution < 1.29 is 23.9 Å². The van der Waals surface area contributed by atoms with Gasteiger partial charge in [0.2, 0.25) is 5.91 Å². The van der Waals surface area contributed by atoms with Crippen LogP contribution in [0.1, 0.15) is 12.0 Å². The van der Waals surface area contributed by atoms with Crippen LogP contribution in [0.25, 0.3) is 6.08 Å². The minimum atomic E-state index is -0.761. The van der Waals surface area contributed by atoms with Gasteiger partial charge in [-0.1, -0.05) is 23.9 Å². The van der Waals surface area contributed by atoms with Crippen LogP contribution in [0.5, 0.6) is 5.75 Å². The number of aliphatic imine (C=N–C) groups is 1. The van der Waals surface area contributed by atoms with Crippen LogP contribution in [0, 0.1) is 0 Å². The Kier molecular flexibility index (Phi) is 4.91. The lowest BCUT2D eigenvalue weighted by atomic mass is 10.2. The van der Waals surface area contributed by atoms with Crippen LogP contribution in [0.2, 0.25) is 0 Å². The Hall–Kier alpha value is -2.59. The number of carbonyl (C=O) groups is 4. The summed E-state index contributed by atoms with van der Waals surface area (Å²) >= 11 is 1.71. The maximum absolute atomic E-state index is 11.9. The van der Waals surface area contributed by atoms with Gasteiger partial charge in [0, 0.05) is 0 Å². The van der Waals surface area contributed by atoms with Gasteiger partial charge in [0.25, 0.3) is 5.24 Å². The number of amidine groups is 1. The number of nitrogens with two attached hydrogens (primary N) is 1. The van der Waals surface area contributed by atoms with Crippen molar-refractivity contribution >= 4 is 57.8 Å². The number of ether oxygens (including phenoxy) is 1. The van der Waals surface area contributed by atoms with Crippen LogP contribution < -0.4 is 15.8 Å². The van der Waals surface area contributed by atoms with E-state index in [0.29, 0.717) is 10.7 Å². The Morgan fingerprint density at radius 3 is 2.56 bits per heavy atom. The van der Waals surface area contributed by atoms with Crippen LogP contribution in [0.15, 0.2) is 34.2 Å². The number of rotatable bonds is 4. The standard InChI is InChI=1S/C15H11N3O5S2/c16-12-9(24-14(21)17-12)5-7-1-3-8(4-2-7)23-11(19)6-10-13(20)18-15(22)25-10/h1-5,10H,6H2,(H2,16,17,21)(H,18,20,22)/b9-5-. The summed E-state index contributed by atoms with van der Waals surface area (Å²) in [5, 5.41) is 0.523. The third-order valence-electron chi connectivity index (χ3n) is 3.19. The van der Waals surface area contributed by atoms with Gasteiger partial charge >= 0.3 is 11.2 Å². The predicted octanol–water partition coefficient (Wildman–Crippen LogP) is 1.90. The van der Waals surface area contributed by atoms with Gasteiger partial charge in [0.15, 0.2) is 0 Å². The Morgan fingerprint density at radius 1 is 1.28 bits per heavy atom. The molecule has 0 bridgehead atoms. The number of amides is 3. The number of nitrogens with zero attached hydrogens (tertiary/aromatic N) is 1. The van der Waals surface area contributed by atoms with Crippen molar-refractivity contribution in [2.24, 2.45) is 10.7 Å². The van der Waals surface area contributed by atoms with Crippen molar-refractivity contribution in [2.45, 2.75) is 11.7 Å². The molecule has 1 atom stereocenters. The molecule has 10 heteroatoms. The van der Waals surface area contributed by atoms with Crippen molar-refractivity contribution in [2.75, 3.05) is 0 Å². The molecular formula is C15H11N3O5S2. The van der Waals surface area contributed by atoms with Gasteiger partial charge in [-0.15, -0.1) is 0 Å². The lowest BCUT2D eigenvalue weighted by Gasteiger charge is -2.06. The van der Waals surface area contributed by atoms with E-state index in [1.54, 1.807) is 30.3 Å². The maximum Gasteiger partial charge on any atom is 0.312 e. The monoisotopic (exact) mass is 377 g/mol. The molecule has 0 saturated carbocycles. The molecule has 2 aliphatic rings. The normalized spacial score (nSPS) is 21.4. The molecule has 8 nitrogen and oxygen atoms in total. The fraction of sp³-hybridized carbons (Fsp3) is 0.133. The smallest absolute Gasteiger partial charge is 0.312 e. The molecule has 1 fully saturated rings. The Balaban J connectivity index is 1.59. The molecule has 2 aliphatic heterocycles. The van der Waals surface area contributed by atoms with Gasteiger partial charge in [0.1, 0.15) is 16.8 Å². The average Bonchev–Trinajstić information content (AvgIpc) is 3.02. The molecule has 3 rings (SSSR count). The average molecular weight is 377 g/mol. The van der Waals surface area contributed by atoms with Crippen molar-refractivity contribution in [3.63, 3.8) is 0 Å². The molecule has 0 radical (unpaired) electrons. The van der Waals surface area contributed by atoms with Crippen LogP contribution >= 0.6 is 23.5 Å². The molecule has 25 heavy (non-hydrogen) atoms. The van der Waals surface area contributed by atoms with Gasteiger partial charge in [0.05, 0.1) is 11.3 Å². The second-order valence-corrected chi connectivity index (χ2v) is 7.17. The van der Waals surface area contributed by atoms with E-state index in [-0.39, 0.29) is 17.5 Å². The number of nitrogens with one attached hydrogen (secondary N) is 1. The summed E-state index contributed by atoms with van der Waals surface area (Å²) < 4.78 is 5.15. The first-order chi connectivity index (χ1) is 11.9. The molecule has 3 N–H and O–H groups in total. The van der Waals surface area contributed by atoms with E-state index in [1.807, 2.05) is 0 Å². The molecule has 1 saturated heterocycles. The van der Waals surface area contributed by atoms with E-state index in [9.17, 15) is 19.2 Å². The van der Waals surface area contributed by atoms with Crippen molar-refractivity contribution in [1.29, 1.82) is 0 Å². The molecule has 0 spiro atoms. The molecule has 0 aromatic heterocycles. The Morgan fingerprint density at radius 2 is 2.00 bits per heavy atom. The summed E-state index contributed by atoms with van der Waals surface area (Å²) in [7, 11) is 0. The third kappa shape index (κ3) is 4.28. The summed E-state index contributed by atoms with van der Waals surface area (Å²) in [5.74, 6) is -0.621. The van der Waals surface area contributed by atoms with Crippen LogP contribution in [-0.4, -0.2) is 33.4 Å². The molecule has 128 valence electrons. The first-order valence-corrected chi connectivity index (χ1v) is 8.70. The summed E-state index contributed by atoms with van der Waals surface area (Å²) in [6.45, 7) is 0. The van der Waals surface area contributed by atoms with Crippen molar-refractivity contribution in [3.05, 3.63) is 34.7 Å². The fourth-order valence-corrected chi connectivity index (χ4v) is 3.54. The zero-order chi connectivity index (χ0) is 18.0. The third-order valence-corrected chi connectivity index (χ3v) is 4.98. The van der Waals surface area contributed by atoms with Crippen LogP contribution in [0.3, 0.4) is 0 Å². The molecule has 1 aromatic rings. The number of esters is 1. The number of thioether (sulfide) groups is 2. The first-order valence-electron chi connectivity index (χ1n) is 7.01. The number of hydrogen-bond acceptors (Lipinski definition) is 8. The molecule has 1 aromatic carbocycles. The highest BCUT2D eigenvalue weighted by Gasteiger charge is 2.33. The summed E-state index contributed by atoms with van der Waals surface area (Å²) in [6, 6.07) is 6.53. The minimum Gasteiger partial charge on any atom is -0.426 e. The number of hydrogen-bond donors (Lipinski definition) is 2. The van der Waals surface area contributed by atoms with Gasteiger partial charge in [-0.2, -0.15) is 4.99 Å². The highest BCUT2D eigenvalue weighted by molar-refractivity contribution is 8.18. The summed E-state index contributed by atoms with van der Waals surface area (Å²) in [4.78, 5) is 49.7. The van der Waals surface area contributed by atoms with E-state index < -0.39 is 22.4 Å². The molecule has 3 amide bonds. The number of benzene rings is 1. The predicted molar refractivity (Wildman–Crippen MR) is 94.2 cm³/mol. The highest BCUT2D eigenvalue weighted by atomic mass is 32.2. The maximum atomic E-state index is 11.9. The van der Waals surface area contributed by atoms with E-state index in [1.165, 1.54) is 0 Å². The second kappa shape index (κ2) is 7.11. The summed E-state index contributed by atoms with van der Waals surface area (Å²) in [5.41, 5.74) is 6.38. The SMILES string of the molecule is NC1=NC(=O)S/C1=C\c1ccc(OC(=O)CC2SC(=O)NC2=O)cc1.